The second kappa shape index (κ2) is 13.5. The van der Waals surface area contributed by atoms with Crippen molar-refractivity contribution in [3.8, 4) is 0 Å². The van der Waals surface area contributed by atoms with Crippen LogP contribution in [0.4, 0.5) is 0 Å². The minimum absolute atomic E-state index is 0. The van der Waals surface area contributed by atoms with Crippen molar-refractivity contribution in [3.05, 3.63) is 11.7 Å². The van der Waals surface area contributed by atoms with Crippen molar-refractivity contribution in [2.75, 3.05) is 39.9 Å². The molecule has 0 bridgehead atoms. The minimum atomic E-state index is 0. The molecule has 0 spiro atoms. The van der Waals surface area contributed by atoms with Crippen molar-refractivity contribution < 1.29 is 14.0 Å². The molecular weight excluding hydrogens is 497 g/mol. The summed E-state index contributed by atoms with van der Waals surface area (Å²) >= 11 is 0. The third kappa shape index (κ3) is 7.96. The van der Waals surface area contributed by atoms with Crippen LogP contribution in [0.15, 0.2) is 9.52 Å². The van der Waals surface area contributed by atoms with Crippen LogP contribution in [0.1, 0.15) is 70.0 Å². The molecule has 1 atom stereocenters. The van der Waals surface area contributed by atoms with Gasteiger partial charge in [0.25, 0.3) is 0 Å². The fourth-order valence-corrected chi connectivity index (χ4v) is 3.79. The van der Waals surface area contributed by atoms with E-state index in [4.69, 9.17) is 14.0 Å². The Labute approximate surface area is 197 Å². The van der Waals surface area contributed by atoms with E-state index in [1.807, 2.05) is 7.05 Å². The summed E-state index contributed by atoms with van der Waals surface area (Å²) in [7, 11) is 1.85. The molecular formula is C21H38IN5O3. The summed E-state index contributed by atoms with van der Waals surface area (Å²) in [4.78, 5) is 11.2. The number of halogens is 1. The van der Waals surface area contributed by atoms with E-state index in [0.717, 1.165) is 76.7 Å². The van der Waals surface area contributed by atoms with Gasteiger partial charge in [-0.2, -0.15) is 4.98 Å². The second-order valence-electron chi connectivity index (χ2n) is 8.29. The number of piperidine rings is 1. The largest absolute Gasteiger partial charge is 0.376 e. The molecule has 0 aromatic carbocycles. The minimum Gasteiger partial charge on any atom is -0.376 e. The van der Waals surface area contributed by atoms with Crippen molar-refractivity contribution >= 4 is 29.9 Å². The van der Waals surface area contributed by atoms with Crippen LogP contribution in [0.25, 0.3) is 0 Å². The van der Waals surface area contributed by atoms with Gasteiger partial charge in [-0.3, -0.25) is 4.99 Å². The molecule has 1 unspecified atom stereocenters. The van der Waals surface area contributed by atoms with Crippen molar-refractivity contribution in [2.24, 2.45) is 4.99 Å². The second-order valence-corrected chi connectivity index (χ2v) is 8.29. The van der Waals surface area contributed by atoms with E-state index in [-0.39, 0.29) is 24.0 Å². The zero-order valence-corrected chi connectivity index (χ0v) is 21.0. The summed E-state index contributed by atoms with van der Waals surface area (Å²) < 4.78 is 17.2. The third-order valence-corrected chi connectivity index (χ3v) is 5.60. The normalized spacial score (nSPS) is 21.0. The monoisotopic (exact) mass is 535 g/mol. The average molecular weight is 535 g/mol. The molecule has 2 aliphatic rings. The number of rotatable bonds is 8. The predicted octanol–water partition coefficient (Wildman–Crippen LogP) is 3.37. The van der Waals surface area contributed by atoms with Crippen molar-refractivity contribution in [1.29, 1.82) is 0 Å². The fourth-order valence-electron chi connectivity index (χ4n) is 3.79. The first kappa shape index (κ1) is 25.3. The predicted molar refractivity (Wildman–Crippen MR) is 128 cm³/mol. The van der Waals surface area contributed by atoms with Gasteiger partial charge in [0, 0.05) is 45.6 Å². The Kier molecular flexibility index (Phi) is 11.4. The molecule has 30 heavy (non-hydrogen) atoms. The van der Waals surface area contributed by atoms with Crippen molar-refractivity contribution in [2.45, 2.75) is 76.9 Å². The molecule has 1 aromatic rings. The molecule has 0 radical (unpaired) electrons. The molecule has 1 N–H and O–H groups in total. The Balaban J connectivity index is 0.00000320. The lowest BCUT2D eigenvalue weighted by Crippen LogP contribution is -2.47. The number of aromatic nitrogens is 2. The summed E-state index contributed by atoms with van der Waals surface area (Å²) in [6.45, 7) is 8.54. The summed E-state index contributed by atoms with van der Waals surface area (Å²) in [6, 6.07) is 0. The summed E-state index contributed by atoms with van der Waals surface area (Å²) in [5.74, 6) is 2.76. The molecule has 1 aromatic heterocycles. The highest BCUT2D eigenvalue weighted by molar-refractivity contribution is 14.0. The summed E-state index contributed by atoms with van der Waals surface area (Å²) in [5, 5.41) is 7.48. The first-order valence-electron chi connectivity index (χ1n) is 11.2. The number of hydrogen-bond donors (Lipinski definition) is 1. The Hall–Kier alpha value is -0.940. The average Bonchev–Trinajstić information content (AvgIpc) is 3.23. The van der Waals surface area contributed by atoms with Gasteiger partial charge in [0.2, 0.25) is 5.89 Å². The number of ether oxygens (including phenoxy) is 2. The zero-order valence-electron chi connectivity index (χ0n) is 18.6. The van der Waals surface area contributed by atoms with Gasteiger partial charge in [-0.15, -0.1) is 24.0 Å². The first-order chi connectivity index (χ1) is 14.2. The van der Waals surface area contributed by atoms with Crippen LogP contribution in [0.2, 0.25) is 0 Å². The maximum Gasteiger partial charge on any atom is 0.226 e. The lowest BCUT2D eigenvalue weighted by Gasteiger charge is -2.35. The highest BCUT2D eigenvalue weighted by Gasteiger charge is 2.23. The van der Waals surface area contributed by atoms with E-state index < -0.39 is 0 Å². The molecule has 2 saturated heterocycles. The van der Waals surface area contributed by atoms with Crippen LogP contribution >= 0.6 is 24.0 Å². The molecule has 0 amide bonds. The van der Waals surface area contributed by atoms with Gasteiger partial charge in [-0.05, 0) is 38.5 Å². The molecule has 2 fully saturated rings. The van der Waals surface area contributed by atoms with Crippen LogP contribution in [0.3, 0.4) is 0 Å². The summed E-state index contributed by atoms with van der Waals surface area (Å²) in [5.41, 5.74) is 0. The fraction of sp³-hybridized carbons (Fsp3) is 0.857. The molecule has 0 saturated carbocycles. The number of aryl methyl sites for hydroxylation is 1. The molecule has 3 heterocycles. The van der Waals surface area contributed by atoms with Crippen LogP contribution in [0, 0.1) is 0 Å². The lowest BCUT2D eigenvalue weighted by atomic mass is 10.1. The Morgan fingerprint density at radius 1 is 1.27 bits per heavy atom. The Morgan fingerprint density at radius 3 is 2.70 bits per heavy atom. The van der Waals surface area contributed by atoms with Gasteiger partial charge in [-0.1, -0.05) is 19.0 Å². The lowest BCUT2D eigenvalue weighted by molar-refractivity contribution is -0.0721. The van der Waals surface area contributed by atoms with Crippen molar-refractivity contribution in [3.63, 3.8) is 0 Å². The topological polar surface area (TPSA) is 85.0 Å². The maximum atomic E-state index is 6.12. The number of guanidine groups is 1. The Bertz CT molecular complexity index is 626. The van der Waals surface area contributed by atoms with Gasteiger partial charge in [0.15, 0.2) is 11.8 Å². The highest BCUT2D eigenvalue weighted by Crippen LogP contribution is 2.18. The Morgan fingerprint density at radius 2 is 2.07 bits per heavy atom. The molecule has 2 aliphatic heterocycles. The van der Waals surface area contributed by atoms with Gasteiger partial charge in [0.05, 0.1) is 18.8 Å². The number of nitrogens with one attached hydrogen (secondary N) is 1. The molecule has 172 valence electrons. The van der Waals surface area contributed by atoms with E-state index in [1.54, 1.807) is 0 Å². The first-order valence-corrected chi connectivity index (χ1v) is 11.2. The van der Waals surface area contributed by atoms with E-state index in [1.165, 1.54) is 12.8 Å². The SMILES string of the molecule is CN=C(NCCCc1nc(C(C)C)no1)N1CCC(OCC2CCCCO2)CC1.I. The van der Waals surface area contributed by atoms with Crippen LogP contribution < -0.4 is 5.32 Å². The quantitative estimate of drug-likeness (QED) is 0.237. The number of aliphatic imine (C=N–C) groups is 1. The zero-order chi connectivity index (χ0) is 20.5. The highest BCUT2D eigenvalue weighted by atomic mass is 127. The van der Waals surface area contributed by atoms with Crippen LogP contribution in [-0.2, 0) is 15.9 Å². The molecule has 3 rings (SSSR count). The van der Waals surface area contributed by atoms with Gasteiger partial charge < -0.3 is 24.2 Å². The van der Waals surface area contributed by atoms with Crippen molar-refractivity contribution in [1.82, 2.24) is 20.4 Å². The number of likely N-dealkylation sites (tertiary alicyclic amines) is 1. The van der Waals surface area contributed by atoms with E-state index in [2.05, 4.69) is 39.2 Å². The van der Waals surface area contributed by atoms with Gasteiger partial charge >= 0.3 is 0 Å². The van der Waals surface area contributed by atoms with Gasteiger partial charge in [-0.25, -0.2) is 0 Å². The molecule has 8 nitrogen and oxygen atoms in total. The number of nitrogens with zero attached hydrogens (tertiary/aromatic N) is 4. The molecule has 0 aliphatic carbocycles. The van der Waals surface area contributed by atoms with E-state index in [9.17, 15) is 0 Å². The molecule has 9 heteroatoms. The van der Waals surface area contributed by atoms with Gasteiger partial charge in [0.1, 0.15) is 0 Å². The maximum absolute atomic E-state index is 6.12. The smallest absolute Gasteiger partial charge is 0.226 e. The summed E-state index contributed by atoms with van der Waals surface area (Å²) in [6.07, 6.45) is 8.00. The van der Waals surface area contributed by atoms with E-state index >= 15 is 0 Å². The standard InChI is InChI=1S/C21H37N5O3.HI/c1-16(2)20-24-19(29-25-20)8-6-11-23-21(22-3)26-12-9-17(10-13-26)28-15-18-7-4-5-14-27-18;/h16-18H,4-15H2,1-3H3,(H,22,23);1H. The van der Waals surface area contributed by atoms with Crippen LogP contribution in [-0.4, -0.2) is 73.1 Å². The van der Waals surface area contributed by atoms with E-state index in [0.29, 0.717) is 24.0 Å². The van der Waals surface area contributed by atoms with Crippen LogP contribution in [0.5, 0.6) is 0 Å². The number of hydrogen-bond acceptors (Lipinski definition) is 6. The third-order valence-electron chi connectivity index (χ3n) is 5.60.